The third-order valence-corrected chi connectivity index (χ3v) is 4.08. The predicted molar refractivity (Wildman–Crippen MR) is 79.6 cm³/mol. The smallest absolute Gasteiger partial charge is 0.326 e. The topological polar surface area (TPSA) is 41.1 Å². The maximum atomic E-state index is 12.7. The number of halogens is 3. The molecule has 1 aromatic rings. The van der Waals surface area contributed by atoms with Crippen molar-refractivity contribution in [1.82, 2.24) is 5.32 Å². The van der Waals surface area contributed by atoms with Crippen molar-refractivity contribution in [2.24, 2.45) is 5.92 Å². The van der Waals surface area contributed by atoms with Gasteiger partial charge in [0.15, 0.2) is 0 Å². The molecular formula is C16H21F3N2O. The SMILES string of the molecule is Cc1ccc(C(F)(F)F)cc1NC(=O)CCC1CCNCC1. The third kappa shape index (κ3) is 4.73. The van der Waals surface area contributed by atoms with E-state index in [-0.39, 0.29) is 11.6 Å². The number of carbonyl (C=O) groups excluding carboxylic acids is 1. The van der Waals surface area contributed by atoms with Crippen molar-refractivity contribution in [3.8, 4) is 0 Å². The number of rotatable bonds is 4. The van der Waals surface area contributed by atoms with Crippen LogP contribution >= 0.6 is 0 Å². The zero-order valence-corrected chi connectivity index (χ0v) is 12.6. The van der Waals surface area contributed by atoms with E-state index in [9.17, 15) is 18.0 Å². The van der Waals surface area contributed by atoms with Crippen LogP contribution in [0.25, 0.3) is 0 Å². The summed E-state index contributed by atoms with van der Waals surface area (Å²) >= 11 is 0. The van der Waals surface area contributed by atoms with Gasteiger partial charge in [0.2, 0.25) is 5.91 Å². The van der Waals surface area contributed by atoms with E-state index in [1.807, 2.05) is 0 Å². The summed E-state index contributed by atoms with van der Waals surface area (Å²) < 4.78 is 38.1. The van der Waals surface area contributed by atoms with E-state index in [4.69, 9.17) is 0 Å². The Hall–Kier alpha value is -1.56. The molecule has 3 nitrogen and oxygen atoms in total. The first-order valence-electron chi connectivity index (χ1n) is 7.54. The number of hydrogen-bond donors (Lipinski definition) is 2. The van der Waals surface area contributed by atoms with Crippen molar-refractivity contribution in [3.63, 3.8) is 0 Å². The van der Waals surface area contributed by atoms with Crippen LogP contribution in [-0.2, 0) is 11.0 Å². The summed E-state index contributed by atoms with van der Waals surface area (Å²) in [5.41, 5.74) is 0.125. The van der Waals surface area contributed by atoms with Crippen molar-refractivity contribution >= 4 is 11.6 Å². The molecule has 2 rings (SSSR count). The molecule has 0 saturated carbocycles. The Morgan fingerprint density at radius 1 is 1.32 bits per heavy atom. The molecular weight excluding hydrogens is 293 g/mol. The second-order valence-electron chi connectivity index (χ2n) is 5.81. The number of piperidine rings is 1. The average molecular weight is 314 g/mol. The molecule has 0 atom stereocenters. The van der Waals surface area contributed by atoms with Gasteiger partial charge in [-0.3, -0.25) is 4.79 Å². The van der Waals surface area contributed by atoms with Crippen LogP contribution < -0.4 is 10.6 Å². The number of aryl methyl sites for hydroxylation is 1. The van der Waals surface area contributed by atoms with Crippen LogP contribution in [0.5, 0.6) is 0 Å². The lowest BCUT2D eigenvalue weighted by Gasteiger charge is -2.22. The van der Waals surface area contributed by atoms with Crippen LogP contribution in [0.15, 0.2) is 18.2 Å². The fourth-order valence-electron chi connectivity index (χ4n) is 2.65. The molecule has 1 aromatic carbocycles. The fourth-order valence-corrected chi connectivity index (χ4v) is 2.65. The summed E-state index contributed by atoms with van der Waals surface area (Å²) in [6.07, 6.45) is -1.17. The Morgan fingerprint density at radius 3 is 2.64 bits per heavy atom. The number of nitrogens with one attached hydrogen (secondary N) is 2. The van der Waals surface area contributed by atoms with Crippen molar-refractivity contribution in [2.75, 3.05) is 18.4 Å². The molecule has 0 aromatic heterocycles. The zero-order valence-electron chi connectivity index (χ0n) is 12.6. The Kier molecular flexibility index (Phi) is 5.45. The van der Waals surface area contributed by atoms with Crippen LogP contribution in [0, 0.1) is 12.8 Å². The first-order valence-corrected chi connectivity index (χ1v) is 7.54. The first-order chi connectivity index (χ1) is 10.4. The molecule has 1 saturated heterocycles. The van der Waals surface area contributed by atoms with Crippen LogP contribution in [0.1, 0.15) is 36.8 Å². The molecule has 6 heteroatoms. The van der Waals surface area contributed by atoms with E-state index < -0.39 is 11.7 Å². The average Bonchev–Trinajstić information content (AvgIpc) is 2.47. The van der Waals surface area contributed by atoms with Crippen LogP contribution in [0.2, 0.25) is 0 Å². The zero-order chi connectivity index (χ0) is 16.2. The minimum Gasteiger partial charge on any atom is -0.326 e. The lowest BCUT2D eigenvalue weighted by molar-refractivity contribution is -0.137. The van der Waals surface area contributed by atoms with Crippen molar-refractivity contribution < 1.29 is 18.0 Å². The van der Waals surface area contributed by atoms with Gasteiger partial charge in [-0.1, -0.05) is 6.07 Å². The third-order valence-electron chi connectivity index (χ3n) is 4.08. The Balaban J connectivity index is 1.93. The first kappa shape index (κ1) is 16.8. The largest absolute Gasteiger partial charge is 0.416 e. The van der Waals surface area contributed by atoms with E-state index in [0.717, 1.165) is 44.5 Å². The number of carbonyl (C=O) groups is 1. The van der Waals surface area contributed by atoms with Crippen LogP contribution in [-0.4, -0.2) is 19.0 Å². The summed E-state index contributed by atoms with van der Waals surface area (Å²) in [5, 5.41) is 5.87. The minimum absolute atomic E-state index is 0.221. The van der Waals surface area contributed by atoms with Crippen molar-refractivity contribution in [2.45, 2.75) is 38.8 Å². The van der Waals surface area contributed by atoms with Gasteiger partial charge >= 0.3 is 6.18 Å². The summed E-state index contributed by atoms with van der Waals surface area (Å²) in [4.78, 5) is 12.0. The number of hydrogen-bond acceptors (Lipinski definition) is 2. The molecule has 1 amide bonds. The molecule has 1 fully saturated rings. The lowest BCUT2D eigenvalue weighted by Crippen LogP contribution is -2.28. The summed E-state index contributed by atoms with van der Waals surface area (Å²) in [6.45, 7) is 3.63. The highest BCUT2D eigenvalue weighted by Crippen LogP contribution is 2.32. The van der Waals surface area contributed by atoms with Gasteiger partial charge in [0.1, 0.15) is 0 Å². The van der Waals surface area contributed by atoms with Gasteiger partial charge < -0.3 is 10.6 Å². The predicted octanol–water partition coefficient (Wildman–Crippen LogP) is 3.73. The van der Waals surface area contributed by atoms with E-state index in [1.54, 1.807) is 6.92 Å². The molecule has 22 heavy (non-hydrogen) atoms. The van der Waals surface area contributed by atoms with E-state index in [1.165, 1.54) is 6.07 Å². The van der Waals surface area contributed by atoms with E-state index in [2.05, 4.69) is 10.6 Å². The summed E-state index contributed by atoms with van der Waals surface area (Å²) in [6, 6.07) is 3.41. The molecule has 1 aliphatic rings. The molecule has 0 radical (unpaired) electrons. The molecule has 1 aliphatic heterocycles. The van der Waals surface area contributed by atoms with Gasteiger partial charge in [-0.05, 0) is 62.9 Å². The highest BCUT2D eigenvalue weighted by molar-refractivity contribution is 5.91. The van der Waals surface area contributed by atoms with Gasteiger partial charge in [-0.25, -0.2) is 0 Å². The number of alkyl halides is 3. The van der Waals surface area contributed by atoms with Gasteiger partial charge in [0.25, 0.3) is 0 Å². The van der Waals surface area contributed by atoms with Crippen LogP contribution in [0.3, 0.4) is 0 Å². The molecule has 0 bridgehead atoms. The number of anilines is 1. The monoisotopic (exact) mass is 314 g/mol. The molecule has 0 aliphatic carbocycles. The fraction of sp³-hybridized carbons (Fsp3) is 0.562. The minimum atomic E-state index is -4.40. The molecule has 0 spiro atoms. The van der Waals surface area contributed by atoms with Crippen LogP contribution in [0.4, 0.5) is 18.9 Å². The van der Waals surface area contributed by atoms with Gasteiger partial charge in [-0.2, -0.15) is 13.2 Å². The normalized spacial score (nSPS) is 16.5. The van der Waals surface area contributed by atoms with Gasteiger partial charge in [-0.15, -0.1) is 0 Å². The van der Waals surface area contributed by atoms with Gasteiger partial charge in [0, 0.05) is 12.1 Å². The molecule has 122 valence electrons. The second-order valence-corrected chi connectivity index (χ2v) is 5.81. The standard InChI is InChI=1S/C16H21F3N2O/c1-11-2-4-13(16(17,18)19)10-14(11)21-15(22)5-3-12-6-8-20-9-7-12/h2,4,10,12,20H,3,5-9H2,1H3,(H,21,22). The highest BCUT2D eigenvalue weighted by Gasteiger charge is 2.30. The van der Waals surface area contributed by atoms with Crippen molar-refractivity contribution in [3.05, 3.63) is 29.3 Å². The lowest BCUT2D eigenvalue weighted by atomic mass is 9.93. The molecule has 0 unspecified atom stereocenters. The maximum Gasteiger partial charge on any atom is 0.416 e. The van der Waals surface area contributed by atoms with Crippen molar-refractivity contribution in [1.29, 1.82) is 0 Å². The summed E-state index contributed by atoms with van der Waals surface area (Å²) in [5.74, 6) is 0.301. The van der Waals surface area contributed by atoms with E-state index >= 15 is 0 Å². The molecule has 2 N–H and O–H groups in total. The number of benzene rings is 1. The second kappa shape index (κ2) is 7.13. The molecule has 1 heterocycles. The number of amides is 1. The Morgan fingerprint density at radius 2 is 2.00 bits per heavy atom. The van der Waals surface area contributed by atoms with E-state index in [0.29, 0.717) is 17.9 Å². The Bertz CT molecular complexity index is 523. The van der Waals surface area contributed by atoms with Gasteiger partial charge in [0.05, 0.1) is 5.56 Å². The quantitative estimate of drug-likeness (QED) is 0.889. The Labute approximate surface area is 128 Å². The summed E-state index contributed by atoms with van der Waals surface area (Å²) in [7, 11) is 0. The maximum absolute atomic E-state index is 12.7. The highest BCUT2D eigenvalue weighted by atomic mass is 19.4.